The van der Waals surface area contributed by atoms with Crippen LogP contribution in [0.3, 0.4) is 0 Å². The maximum absolute atomic E-state index is 13.0. The van der Waals surface area contributed by atoms with Gasteiger partial charge in [-0.2, -0.15) is 0 Å². The molecule has 0 heterocycles. The highest BCUT2D eigenvalue weighted by atomic mass is 32.1. The van der Waals surface area contributed by atoms with Crippen molar-refractivity contribution in [2.24, 2.45) is 0 Å². The zero-order valence-corrected chi connectivity index (χ0v) is 7.97. The predicted octanol–water partition coefficient (Wildman–Crippen LogP) is 2.68. The van der Waals surface area contributed by atoms with Crippen LogP contribution in [0.2, 0.25) is 0 Å². The van der Waals surface area contributed by atoms with Crippen LogP contribution >= 0.6 is 12.6 Å². The zero-order valence-electron chi connectivity index (χ0n) is 7.07. The average Bonchev–Trinajstić information content (AvgIpc) is 2.19. The molecule has 0 aromatic heterocycles. The Hall–Kier alpha value is -0.750. The van der Waals surface area contributed by atoms with Gasteiger partial charge in [-0.05, 0) is 0 Å². The summed E-state index contributed by atoms with van der Waals surface area (Å²) in [5, 5.41) is 0. The van der Waals surface area contributed by atoms with Gasteiger partial charge in [-0.15, -0.1) is 12.6 Å². The molecule has 0 unspecified atom stereocenters. The lowest BCUT2D eigenvalue weighted by atomic mass is 10.2. The van der Waals surface area contributed by atoms with Crippen LogP contribution in [-0.2, 0) is 11.3 Å². The van der Waals surface area contributed by atoms with E-state index in [-0.39, 0.29) is 0 Å². The van der Waals surface area contributed by atoms with Crippen molar-refractivity contribution in [3.8, 4) is 0 Å². The molecule has 78 valence electrons. The molecule has 0 bridgehead atoms. The van der Waals surface area contributed by atoms with Gasteiger partial charge in [0.2, 0.25) is 0 Å². The zero-order chi connectivity index (χ0) is 10.9. The first-order valence-electron chi connectivity index (χ1n) is 3.53. The number of hydrogen-bond donors (Lipinski definition) is 1. The Morgan fingerprint density at radius 1 is 1.00 bits per heavy atom. The number of ether oxygens (including phenoxy) is 1. The smallest absolute Gasteiger partial charge is 0.175 e. The molecule has 0 fully saturated rings. The second kappa shape index (κ2) is 4.18. The molecule has 0 atom stereocenters. The van der Waals surface area contributed by atoms with Gasteiger partial charge in [0.15, 0.2) is 23.3 Å². The van der Waals surface area contributed by atoms with Crippen molar-refractivity contribution in [3.63, 3.8) is 0 Å². The Kier molecular flexibility index (Phi) is 3.38. The number of methoxy groups -OCH3 is 1. The van der Waals surface area contributed by atoms with Crippen molar-refractivity contribution in [1.29, 1.82) is 0 Å². The molecule has 0 amide bonds. The summed E-state index contributed by atoms with van der Waals surface area (Å²) in [7, 11) is 1.16. The monoisotopic (exact) mass is 226 g/mol. The first kappa shape index (κ1) is 11.3. The quantitative estimate of drug-likeness (QED) is 0.463. The van der Waals surface area contributed by atoms with E-state index in [0.717, 1.165) is 7.11 Å². The van der Waals surface area contributed by atoms with E-state index in [1.54, 1.807) is 0 Å². The second-order valence-corrected chi connectivity index (χ2v) is 2.96. The van der Waals surface area contributed by atoms with Gasteiger partial charge in [-0.3, -0.25) is 0 Å². The summed E-state index contributed by atoms with van der Waals surface area (Å²) in [4.78, 5) is -0.972. The third-order valence-electron chi connectivity index (χ3n) is 1.62. The van der Waals surface area contributed by atoms with Gasteiger partial charge in [-0.25, -0.2) is 17.6 Å². The summed E-state index contributed by atoms with van der Waals surface area (Å²) in [6.45, 7) is -0.542. The van der Waals surface area contributed by atoms with E-state index in [9.17, 15) is 17.6 Å². The number of thiol groups is 1. The van der Waals surface area contributed by atoms with Crippen molar-refractivity contribution in [2.45, 2.75) is 11.5 Å². The lowest BCUT2D eigenvalue weighted by Crippen LogP contribution is -2.05. The maximum atomic E-state index is 13.0. The summed E-state index contributed by atoms with van der Waals surface area (Å²) >= 11 is 3.30. The van der Waals surface area contributed by atoms with Gasteiger partial charge in [0, 0.05) is 7.11 Å². The van der Waals surface area contributed by atoms with Crippen LogP contribution in [0.5, 0.6) is 0 Å². The van der Waals surface area contributed by atoms with Crippen LogP contribution in [-0.4, -0.2) is 7.11 Å². The molecule has 0 spiro atoms. The van der Waals surface area contributed by atoms with Crippen LogP contribution in [0.4, 0.5) is 17.6 Å². The van der Waals surface area contributed by atoms with E-state index in [1.807, 2.05) is 0 Å². The minimum Gasteiger partial charge on any atom is -0.380 e. The molecular weight excluding hydrogens is 220 g/mol. The molecule has 0 radical (unpaired) electrons. The fraction of sp³-hybridized carbons (Fsp3) is 0.250. The third-order valence-corrected chi connectivity index (χ3v) is 2.01. The standard InChI is InChI=1S/C8H6F4OS/c1-13-2-3-4(9)6(11)8(14)7(12)5(3)10/h14H,2H2,1H3. The molecule has 0 saturated carbocycles. The Morgan fingerprint density at radius 2 is 1.43 bits per heavy atom. The number of hydrogen-bond acceptors (Lipinski definition) is 2. The normalized spacial score (nSPS) is 10.7. The third kappa shape index (κ3) is 1.72. The van der Waals surface area contributed by atoms with Crippen LogP contribution in [0.25, 0.3) is 0 Å². The Balaban J connectivity index is 3.43. The Labute approximate surface area is 83.1 Å². The topological polar surface area (TPSA) is 9.23 Å². The Bertz CT molecular complexity index is 338. The lowest BCUT2D eigenvalue weighted by molar-refractivity contribution is 0.174. The molecule has 14 heavy (non-hydrogen) atoms. The van der Waals surface area contributed by atoms with Crippen LogP contribution in [0, 0.1) is 23.3 Å². The minimum atomic E-state index is -1.51. The lowest BCUT2D eigenvalue weighted by Gasteiger charge is -2.07. The maximum Gasteiger partial charge on any atom is 0.175 e. The van der Waals surface area contributed by atoms with Crippen molar-refractivity contribution in [2.75, 3.05) is 7.11 Å². The first-order valence-corrected chi connectivity index (χ1v) is 3.98. The van der Waals surface area contributed by atoms with Gasteiger partial charge >= 0.3 is 0 Å². The molecule has 1 aromatic carbocycles. The van der Waals surface area contributed by atoms with E-state index >= 15 is 0 Å². The first-order chi connectivity index (χ1) is 6.50. The molecule has 6 heteroatoms. The van der Waals surface area contributed by atoms with Gasteiger partial charge in [-0.1, -0.05) is 0 Å². The van der Waals surface area contributed by atoms with Crippen molar-refractivity contribution < 1.29 is 22.3 Å². The fourth-order valence-corrected chi connectivity index (χ4v) is 1.13. The van der Waals surface area contributed by atoms with Gasteiger partial charge in [0.1, 0.15) is 0 Å². The van der Waals surface area contributed by atoms with Gasteiger partial charge in [0.05, 0.1) is 17.1 Å². The van der Waals surface area contributed by atoms with E-state index in [4.69, 9.17) is 0 Å². The number of halogens is 4. The number of benzene rings is 1. The van der Waals surface area contributed by atoms with E-state index in [2.05, 4.69) is 17.4 Å². The highest BCUT2D eigenvalue weighted by Crippen LogP contribution is 2.26. The SMILES string of the molecule is COCc1c(F)c(F)c(S)c(F)c1F. The summed E-state index contributed by atoms with van der Waals surface area (Å²) in [6, 6.07) is 0. The summed E-state index contributed by atoms with van der Waals surface area (Å²) in [6.07, 6.45) is 0. The fourth-order valence-electron chi connectivity index (χ4n) is 0.937. The molecule has 0 N–H and O–H groups in total. The summed E-state index contributed by atoms with van der Waals surface area (Å²) in [5.74, 6) is -5.98. The molecule has 0 aliphatic rings. The molecule has 0 aliphatic carbocycles. The van der Waals surface area contributed by atoms with E-state index in [0.29, 0.717) is 0 Å². The number of rotatable bonds is 2. The second-order valence-electron chi connectivity index (χ2n) is 2.52. The summed E-state index contributed by atoms with van der Waals surface area (Å²) in [5.41, 5.74) is -0.778. The molecule has 1 aromatic rings. The highest BCUT2D eigenvalue weighted by molar-refractivity contribution is 7.80. The van der Waals surface area contributed by atoms with Gasteiger partial charge in [0.25, 0.3) is 0 Å². The van der Waals surface area contributed by atoms with E-state index in [1.165, 1.54) is 0 Å². The van der Waals surface area contributed by atoms with Crippen LogP contribution < -0.4 is 0 Å². The molecular formula is C8H6F4OS. The largest absolute Gasteiger partial charge is 0.380 e. The molecule has 0 saturated heterocycles. The van der Waals surface area contributed by atoms with Crippen LogP contribution in [0.15, 0.2) is 4.90 Å². The summed E-state index contributed by atoms with van der Waals surface area (Å²) < 4.78 is 56.0. The Morgan fingerprint density at radius 3 is 1.79 bits per heavy atom. The van der Waals surface area contributed by atoms with Crippen molar-refractivity contribution in [1.82, 2.24) is 0 Å². The van der Waals surface area contributed by atoms with Crippen LogP contribution in [0.1, 0.15) is 5.56 Å². The minimum absolute atomic E-state index is 0.542. The average molecular weight is 226 g/mol. The van der Waals surface area contributed by atoms with Crippen molar-refractivity contribution in [3.05, 3.63) is 28.8 Å². The van der Waals surface area contributed by atoms with Crippen molar-refractivity contribution >= 4 is 12.6 Å². The molecule has 0 aliphatic heterocycles. The highest BCUT2D eigenvalue weighted by Gasteiger charge is 2.23. The molecule has 1 rings (SSSR count). The molecule has 1 nitrogen and oxygen atoms in total. The van der Waals surface area contributed by atoms with Gasteiger partial charge < -0.3 is 4.74 Å². The predicted molar refractivity (Wildman–Crippen MR) is 44.2 cm³/mol. The van der Waals surface area contributed by atoms with E-state index < -0.39 is 40.3 Å².